The second kappa shape index (κ2) is 7.38. The minimum absolute atomic E-state index is 0.105. The van der Waals surface area contributed by atoms with Crippen LogP contribution in [-0.4, -0.2) is 17.5 Å². The normalized spacial score (nSPS) is 17.0. The van der Waals surface area contributed by atoms with Crippen LogP contribution in [0, 0.1) is 0 Å². The molecule has 2 aromatic rings. The summed E-state index contributed by atoms with van der Waals surface area (Å²) >= 11 is 3.28. The first-order chi connectivity index (χ1) is 10.6. The van der Waals surface area contributed by atoms with Crippen molar-refractivity contribution < 1.29 is 14.2 Å². The maximum atomic E-state index is 13.2. The third kappa shape index (κ3) is 3.41. The first kappa shape index (κ1) is 17.2. The molecule has 0 radical (unpaired) electrons. The van der Waals surface area contributed by atoms with E-state index in [1.54, 1.807) is 30.3 Å². The third-order valence-electron chi connectivity index (χ3n) is 3.47. The molecule has 2 aromatic carbocycles. The van der Waals surface area contributed by atoms with Gasteiger partial charge in [0.1, 0.15) is 0 Å². The highest BCUT2D eigenvalue weighted by Gasteiger charge is 2.46. The molecule has 0 aromatic heterocycles. The Morgan fingerprint density at radius 1 is 1.14 bits per heavy atom. The fraction of sp³-hybridized carbons (Fsp3) is 0.176. The van der Waals surface area contributed by atoms with E-state index in [0.29, 0.717) is 5.56 Å². The molecule has 1 N–H and O–H groups in total. The average Bonchev–Trinajstić information content (AvgIpc) is 2.60. The van der Waals surface area contributed by atoms with Gasteiger partial charge in [-0.2, -0.15) is 0 Å². The van der Waals surface area contributed by atoms with Crippen molar-refractivity contribution in [2.75, 3.05) is 12.4 Å². The van der Waals surface area contributed by atoms with E-state index in [2.05, 4.69) is 15.9 Å². The smallest absolute Gasteiger partial charge is 0.260 e. The summed E-state index contributed by atoms with van der Waals surface area (Å²) in [5, 5.41) is 9.49. The summed E-state index contributed by atoms with van der Waals surface area (Å²) in [6.07, 6.45) is 1.71. The number of alkyl halides is 1. The predicted molar refractivity (Wildman–Crippen MR) is 94.2 cm³/mol. The lowest BCUT2D eigenvalue weighted by atomic mass is 10.1. The Morgan fingerprint density at radius 2 is 1.68 bits per heavy atom. The zero-order valence-electron chi connectivity index (χ0n) is 12.2. The molecular weight excluding hydrogens is 363 g/mol. The van der Waals surface area contributed by atoms with Crippen LogP contribution < -0.4 is 0 Å². The molecule has 0 saturated carbocycles. The number of rotatable bonds is 6. The van der Waals surface area contributed by atoms with E-state index < -0.39 is 12.7 Å². The van der Waals surface area contributed by atoms with Crippen LogP contribution in [0.5, 0.6) is 0 Å². The zero-order valence-corrected chi connectivity index (χ0v) is 14.7. The van der Waals surface area contributed by atoms with E-state index in [-0.39, 0.29) is 5.33 Å². The number of hydrogen-bond acceptors (Lipinski definition) is 3. The Morgan fingerprint density at radius 3 is 2.18 bits per heavy atom. The SMILES string of the molecule is CO[P@@](=O)(/C=C/c1ccccc1)[C@@](O)(CBr)c1ccccc1. The highest BCUT2D eigenvalue weighted by molar-refractivity contribution is 9.09. The first-order valence-electron chi connectivity index (χ1n) is 6.79. The van der Waals surface area contributed by atoms with Gasteiger partial charge < -0.3 is 9.63 Å². The molecule has 22 heavy (non-hydrogen) atoms. The molecule has 0 aliphatic rings. The number of aliphatic hydroxyl groups is 1. The molecule has 0 aliphatic heterocycles. The van der Waals surface area contributed by atoms with Crippen LogP contribution in [0.3, 0.4) is 0 Å². The summed E-state index contributed by atoms with van der Waals surface area (Å²) in [6, 6.07) is 18.4. The van der Waals surface area contributed by atoms with Gasteiger partial charge in [0.25, 0.3) is 7.37 Å². The van der Waals surface area contributed by atoms with Crippen molar-refractivity contribution >= 4 is 29.4 Å². The lowest BCUT2D eigenvalue weighted by molar-refractivity contribution is 0.132. The van der Waals surface area contributed by atoms with Crippen LogP contribution in [0.15, 0.2) is 66.5 Å². The summed E-state index contributed by atoms with van der Waals surface area (Å²) in [4.78, 5) is 0. The number of hydrogen-bond donors (Lipinski definition) is 1. The lowest BCUT2D eigenvalue weighted by Crippen LogP contribution is -2.27. The second-order valence-corrected chi connectivity index (χ2v) is 7.98. The molecule has 2 rings (SSSR count). The van der Waals surface area contributed by atoms with E-state index in [4.69, 9.17) is 4.52 Å². The molecule has 0 saturated heterocycles. The van der Waals surface area contributed by atoms with Gasteiger partial charge in [0, 0.05) is 18.3 Å². The molecule has 0 unspecified atom stereocenters. The highest BCUT2D eigenvalue weighted by atomic mass is 79.9. The van der Waals surface area contributed by atoms with Crippen molar-refractivity contribution in [2.24, 2.45) is 0 Å². The van der Waals surface area contributed by atoms with Crippen molar-refractivity contribution in [2.45, 2.75) is 5.34 Å². The first-order valence-corrected chi connectivity index (χ1v) is 9.61. The summed E-state index contributed by atoms with van der Waals surface area (Å²) < 4.78 is 18.5. The standard InChI is InChI=1S/C17H18BrO3P/c1-21-22(20,13-12-15-8-4-2-5-9-15)17(19,14-18)16-10-6-3-7-11-16/h2-13,19H,14H2,1H3/b13-12+/t17-,22-/m0/s1. The van der Waals surface area contributed by atoms with Crippen LogP contribution in [0.4, 0.5) is 0 Å². The fourth-order valence-corrected chi connectivity index (χ4v) is 5.22. The second-order valence-electron chi connectivity index (χ2n) is 4.82. The van der Waals surface area contributed by atoms with Crippen molar-refractivity contribution in [3.8, 4) is 0 Å². The Hall–Kier alpha value is -1.19. The van der Waals surface area contributed by atoms with Gasteiger partial charge in [-0.3, -0.25) is 4.57 Å². The van der Waals surface area contributed by atoms with E-state index >= 15 is 0 Å². The molecule has 0 spiro atoms. The van der Waals surface area contributed by atoms with Gasteiger partial charge in [0.05, 0.1) is 0 Å². The minimum atomic E-state index is -3.48. The summed E-state index contributed by atoms with van der Waals surface area (Å²) in [5.74, 6) is 1.47. The molecule has 0 fully saturated rings. The Labute approximate surface area is 139 Å². The van der Waals surface area contributed by atoms with Crippen LogP contribution in [-0.2, 0) is 14.4 Å². The van der Waals surface area contributed by atoms with E-state index in [0.717, 1.165) is 5.56 Å². The molecule has 0 aliphatic carbocycles. The molecule has 116 valence electrons. The molecule has 2 atom stereocenters. The Kier molecular flexibility index (Phi) is 5.76. The zero-order chi connectivity index (χ0) is 16.1. The van der Waals surface area contributed by atoms with Gasteiger partial charge in [-0.25, -0.2) is 0 Å². The fourth-order valence-electron chi connectivity index (χ4n) is 2.13. The molecule has 0 amide bonds. The number of benzene rings is 2. The molecular formula is C17H18BrO3P. The summed E-state index contributed by atoms with van der Waals surface area (Å²) in [6.45, 7) is 0. The molecule has 0 bridgehead atoms. The molecule has 0 heterocycles. The van der Waals surface area contributed by atoms with Gasteiger partial charge in [0.2, 0.25) is 0 Å². The van der Waals surface area contributed by atoms with Crippen molar-refractivity contribution in [3.05, 3.63) is 77.6 Å². The summed E-state index contributed by atoms with van der Waals surface area (Å²) in [5.41, 5.74) is 1.44. The van der Waals surface area contributed by atoms with Crippen molar-refractivity contribution in [3.63, 3.8) is 0 Å². The maximum Gasteiger partial charge on any atom is 0.260 e. The maximum absolute atomic E-state index is 13.2. The Balaban J connectivity index is 2.43. The summed E-state index contributed by atoms with van der Waals surface area (Å²) in [7, 11) is -2.13. The predicted octanol–water partition coefficient (Wildman–Crippen LogP) is 4.82. The third-order valence-corrected chi connectivity index (χ3v) is 7.25. The highest BCUT2D eigenvalue weighted by Crippen LogP contribution is 2.64. The molecule has 5 heteroatoms. The Bertz CT molecular complexity index is 673. The van der Waals surface area contributed by atoms with Crippen LogP contribution in [0.1, 0.15) is 11.1 Å². The van der Waals surface area contributed by atoms with Crippen LogP contribution in [0.2, 0.25) is 0 Å². The van der Waals surface area contributed by atoms with Gasteiger partial charge in [-0.05, 0) is 17.2 Å². The van der Waals surface area contributed by atoms with Gasteiger partial charge in [-0.1, -0.05) is 76.6 Å². The van der Waals surface area contributed by atoms with E-state index in [9.17, 15) is 9.67 Å². The van der Waals surface area contributed by atoms with Gasteiger partial charge >= 0.3 is 0 Å². The van der Waals surface area contributed by atoms with E-state index in [1.165, 1.54) is 12.9 Å². The van der Waals surface area contributed by atoms with Crippen molar-refractivity contribution in [1.29, 1.82) is 0 Å². The average molecular weight is 381 g/mol. The quantitative estimate of drug-likeness (QED) is 0.577. The molecule has 3 nitrogen and oxygen atoms in total. The van der Waals surface area contributed by atoms with Gasteiger partial charge in [0.15, 0.2) is 5.34 Å². The monoisotopic (exact) mass is 380 g/mol. The lowest BCUT2D eigenvalue weighted by Gasteiger charge is -2.32. The minimum Gasteiger partial charge on any atom is -0.374 e. The van der Waals surface area contributed by atoms with E-state index in [1.807, 2.05) is 36.4 Å². The van der Waals surface area contributed by atoms with Crippen molar-refractivity contribution in [1.82, 2.24) is 0 Å². The van der Waals surface area contributed by atoms with Crippen LogP contribution in [0.25, 0.3) is 6.08 Å². The number of halogens is 1. The van der Waals surface area contributed by atoms with Gasteiger partial charge in [-0.15, -0.1) is 0 Å². The largest absolute Gasteiger partial charge is 0.374 e. The topological polar surface area (TPSA) is 46.5 Å². The van der Waals surface area contributed by atoms with Crippen LogP contribution >= 0.6 is 23.3 Å².